The van der Waals surface area contributed by atoms with Crippen LogP contribution in [0.4, 0.5) is 0 Å². The van der Waals surface area contributed by atoms with Crippen molar-refractivity contribution < 1.29 is 26.6 Å². The number of nitrogens with one attached hydrogen (secondary N) is 2. The average Bonchev–Trinajstić information content (AvgIpc) is 2.95. The van der Waals surface area contributed by atoms with E-state index in [1.807, 2.05) is 24.3 Å². The fraction of sp³-hybridized carbons (Fsp3) is 0.538. The van der Waals surface area contributed by atoms with Gasteiger partial charge in [-0.2, -0.15) is 0 Å². The van der Waals surface area contributed by atoms with E-state index in [1.54, 1.807) is 42.7 Å². The van der Waals surface area contributed by atoms with Crippen molar-refractivity contribution in [2.45, 2.75) is 50.9 Å². The molecular weight excluding hydrogens is 492 g/mol. The molecule has 0 radical (unpaired) electrons. The second-order valence-corrected chi connectivity index (χ2v) is 14.8. The Balaban J connectivity index is 1.56. The Labute approximate surface area is 218 Å². The topological polar surface area (TPSA) is 79.4 Å². The molecule has 2 aromatic carbocycles. The summed E-state index contributed by atoms with van der Waals surface area (Å²) < 4.78 is 33.5. The summed E-state index contributed by atoms with van der Waals surface area (Å²) in [6.45, 7) is 1.63. The van der Waals surface area contributed by atoms with Crippen LogP contribution in [0.5, 0.6) is 0 Å². The molecule has 3 rings (SSSR count). The predicted molar refractivity (Wildman–Crippen MR) is 145 cm³/mol. The second kappa shape index (κ2) is 13.9. The van der Waals surface area contributed by atoms with Gasteiger partial charge in [0.15, 0.2) is 0 Å². The van der Waals surface area contributed by atoms with Crippen molar-refractivity contribution in [3.05, 3.63) is 59.7 Å². The lowest BCUT2D eigenvalue weighted by molar-refractivity contribution is 0.140. The van der Waals surface area contributed by atoms with Gasteiger partial charge >= 0.3 is 17.6 Å². The molecule has 2 unspecified atom stereocenters. The molecule has 0 saturated heterocycles. The van der Waals surface area contributed by atoms with Crippen LogP contribution in [0.3, 0.4) is 0 Å². The summed E-state index contributed by atoms with van der Waals surface area (Å²) in [4.78, 5) is 0. The fourth-order valence-electron chi connectivity index (χ4n) is 4.98. The van der Waals surface area contributed by atoms with E-state index in [4.69, 9.17) is 26.6 Å². The Hall–Kier alpha value is -1.45. The molecule has 0 aromatic heterocycles. The van der Waals surface area contributed by atoms with Gasteiger partial charge in [0, 0.05) is 78.2 Å². The Morgan fingerprint density at radius 3 is 1.14 bits per heavy atom. The van der Waals surface area contributed by atoms with Crippen LogP contribution in [0, 0.1) is 0 Å². The summed E-state index contributed by atoms with van der Waals surface area (Å²) in [5.41, 5.74) is 2.46. The first-order valence-corrected chi connectivity index (χ1v) is 15.9. The average molecular weight is 535 g/mol. The third-order valence-corrected chi connectivity index (χ3v) is 12.4. The first kappa shape index (κ1) is 29.1. The largest absolute Gasteiger partial charge is 0.536 e. The maximum atomic E-state index is 5.59. The van der Waals surface area contributed by atoms with Crippen molar-refractivity contribution in [2.75, 3.05) is 42.7 Å². The normalized spacial score (nSPS) is 18.9. The lowest BCUT2D eigenvalue weighted by atomic mass is 9.90. The minimum absolute atomic E-state index is 0.429. The smallest absolute Gasteiger partial charge is 0.373 e. The van der Waals surface area contributed by atoms with E-state index in [-0.39, 0.29) is 0 Å². The van der Waals surface area contributed by atoms with Crippen molar-refractivity contribution in [1.29, 1.82) is 0 Å². The van der Waals surface area contributed by atoms with E-state index in [0.29, 0.717) is 12.1 Å². The zero-order valence-corrected chi connectivity index (χ0v) is 24.5. The van der Waals surface area contributed by atoms with Gasteiger partial charge in [-0.1, -0.05) is 61.4 Å². The van der Waals surface area contributed by atoms with Crippen molar-refractivity contribution in [3.63, 3.8) is 0 Å². The van der Waals surface area contributed by atoms with Crippen molar-refractivity contribution in [3.8, 4) is 0 Å². The molecule has 0 heterocycles. The molecule has 1 fully saturated rings. The van der Waals surface area contributed by atoms with Crippen LogP contribution in [0.15, 0.2) is 48.5 Å². The van der Waals surface area contributed by atoms with Crippen LogP contribution < -0.4 is 21.0 Å². The van der Waals surface area contributed by atoms with Gasteiger partial charge in [0.2, 0.25) is 0 Å². The number of hydrogen-bond acceptors (Lipinski definition) is 8. The molecule has 0 amide bonds. The maximum absolute atomic E-state index is 5.59. The summed E-state index contributed by atoms with van der Waals surface area (Å²) in [7, 11) is 4.20. The standard InChI is InChI=1S/C26H42N2O6Si2/c1-29-35(30-2,31-3)23-15-11-21(12-16-23)19-27-25-9-7-8-10-26(25)28-20-22-13-17-24(18-14-22)36(32-4,33-5)34-6/h11-18,25-28H,7-10,19-20H2,1-6H3. The van der Waals surface area contributed by atoms with Gasteiger partial charge in [0.25, 0.3) is 0 Å². The van der Waals surface area contributed by atoms with Gasteiger partial charge < -0.3 is 37.2 Å². The molecule has 0 bridgehead atoms. The predicted octanol–water partition coefficient (Wildman–Crippen LogP) is 2.05. The zero-order chi connectivity index (χ0) is 26.0. The fourth-order valence-corrected chi connectivity index (χ4v) is 8.54. The third kappa shape index (κ3) is 6.70. The Morgan fingerprint density at radius 1 is 0.556 bits per heavy atom. The molecule has 200 valence electrons. The second-order valence-electron chi connectivity index (χ2n) is 8.99. The lowest BCUT2D eigenvalue weighted by Gasteiger charge is -2.33. The van der Waals surface area contributed by atoms with E-state index in [2.05, 4.69) is 34.9 Å². The SMILES string of the molecule is CO[Si](OC)(OC)c1ccc(CNC2CCCCC2NCc2ccc([Si](OC)(OC)OC)cc2)cc1. The van der Waals surface area contributed by atoms with Crippen molar-refractivity contribution in [2.24, 2.45) is 0 Å². The van der Waals surface area contributed by atoms with Crippen LogP contribution in [0.1, 0.15) is 36.8 Å². The molecule has 2 aromatic rings. The Morgan fingerprint density at radius 2 is 0.861 bits per heavy atom. The van der Waals surface area contributed by atoms with Crippen LogP contribution in [0.2, 0.25) is 0 Å². The summed E-state index contributed by atoms with van der Waals surface area (Å²) in [6, 6.07) is 17.5. The molecule has 0 spiro atoms. The monoisotopic (exact) mass is 534 g/mol. The van der Waals surface area contributed by atoms with Crippen LogP contribution >= 0.6 is 0 Å². The number of benzene rings is 2. The highest BCUT2D eigenvalue weighted by molar-refractivity contribution is 6.75. The molecule has 1 saturated carbocycles. The van der Waals surface area contributed by atoms with E-state index in [1.165, 1.54) is 36.8 Å². The van der Waals surface area contributed by atoms with Crippen LogP contribution in [0.25, 0.3) is 0 Å². The third-order valence-electron chi connectivity index (χ3n) is 7.13. The van der Waals surface area contributed by atoms with E-state index in [9.17, 15) is 0 Å². The van der Waals surface area contributed by atoms with Gasteiger partial charge in [-0.15, -0.1) is 0 Å². The van der Waals surface area contributed by atoms with Gasteiger partial charge in [0.1, 0.15) is 0 Å². The summed E-state index contributed by atoms with van der Waals surface area (Å²) in [5.74, 6) is 0. The quantitative estimate of drug-likeness (QED) is 0.357. The number of rotatable bonds is 14. The molecule has 2 N–H and O–H groups in total. The van der Waals surface area contributed by atoms with Gasteiger partial charge in [-0.25, -0.2) is 0 Å². The van der Waals surface area contributed by atoms with E-state index < -0.39 is 17.6 Å². The molecule has 0 aliphatic heterocycles. The first-order valence-electron chi connectivity index (χ1n) is 12.5. The summed E-state index contributed by atoms with van der Waals surface area (Å²) in [5, 5.41) is 9.50. The zero-order valence-electron chi connectivity index (χ0n) is 22.5. The molecule has 10 heteroatoms. The van der Waals surface area contributed by atoms with Gasteiger partial charge in [-0.05, 0) is 24.0 Å². The van der Waals surface area contributed by atoms with Gasteiger partial charge in [-0.3, -0.25) is 0 Å². The maximum Gasteiger partial charge on any atom is 0.536 e. The number of hydrogen-bond donors (Lipinski definition) is 2. The van der Waals surface area contributed by atoms with Crippen molar-refractivity contribution >= 4 is 28.0 Å². The lowest BCUT2D eigenvalue weighted by Crippen LogP contribution is -2.54. The summed E-state index contributed by atoms with van der Waals surface area (Å²) in [6.07, 6.45) is 4.85. The molecule has 8 nitrogen and oxygen atoms in total. The molecule has 1 aliphatic rings. The highest BCUT2D eigenvalue weighted by Crippen LogP contribution is 2.20. The molecule has 36 heavy (non-hydrogen) atoms. The minimum atomic E-state index is -2.80. The first-order chi connectivity index (χ1) is 17.5. The summed E-state index contributed by atoms with van der Waals surface area (Å²) >= 11 is 0. The Bertz CT molecular complexity index is 816. The highest BCUT2D eigenvalue weighted by Gasteiger charge is 2.41. The van der Waals surface area contributed by atoms with Crippen LogP contribution in [-0.2, 0) is 39.6 Å². The minimum Gasteiger partial charge on any atom is -0.373 e. The van der Waals surface area contributed by atoms with E-state index in [0.717, 1.165) is 23.5 Å². The highest BCUT2D eigenvalue weighted by atomic mass is 28.4. The van der Waals surface area contributed by atoms with Crippen LogP contribution in [-0.4, -0.2) is 72.4 Å². The van der Waals surface area contributed by atoms with Crippen molar-refractivity contribution in [1.82, 2.24) is 10.6 Å². The van der Waals surface area contributed by atoms with E-state index >= 15 is 0 Å². The van der Waals surface area contributed by atoms with Gasteiger partial charge in [0.05, 0.1) is 0 Å². The molecule has 1 aliphatic carbocycles. The molecule has 2 atom stereocenters. The Kier molecular flexibility index (Phi) is 11.3. The molecular formula is C26H42N2O6Si2.